The third kappa shape index (κ3) is 4.76. The van der Waals surface area contributed by atoms with Crippen LogP contribution in [0.1, 0.15) is 24.0 Å². The lowest BCUT2D eigenvalue weighted by molar-refractivity contribution is -0.122. The molecule has 0 aliphatic heterocycles. The summed E-state index contributed by atoms with van der Waals surface area (Å²) in [7, 11) is 0. The van der Waals surface area contributed by atoms with Crippen LogP contribution in [0.4, 0.5) is 5.95 Å². The van der Waals surface area contributed by atoms with Gasteiger partial charge in [0, 0.05) is 6.54 Å². The van der Waals surface area contributed by atoms with E-state index >= 15 is 0 Å². The molecule has 2 amide bonds. The van der Waals surface area contributed by atoms with Crippen molar-refractivity contribution < 1.29 is 9.59 Å². The van der Waals surface area contributed by atoms with Crippen molar-refractivity contribution >= 4 is 29.1 Å². The SMILES string of the molecule is C[C@@H](C(=O)Nc1ncn(CC(=O)NCc2ccccc2)n1)c1ccsc1. The average molecular weight is 369 g/mol. The Labute approximate surface area is 155 Å². The monoisotopic (exact) mass is 369 g/mol. The Morgan fingerprint density at radius 3 is 2.77 bits per heavy atom. The number of anilines is 1. The van der Waals surface area contributed by atoms with Crippen LogP contribution in [0.3, 0.4) is 0 Å². The molecule has 1 aromatic carbocycles. The van der Waals surface area contributed by atoms with Crippen LogP contribution in [0.5, 0.6) is 0 Å². The molecule has 2 aromatic heterocycles. The normalized spacial score (nSPS) is 11.7. The van der Waals surface area contributed by atoms with Gasteiger partial charge in [0.1, 0.15) is 12.9 Å². The second kappa shape index (κ2) is 8.39. The fourth-order valence-corrected chi connectivity index (χ4v) is 3.07. The first-order valence-electron chi connectivity index (χ1n) is 8.15. The largest absolute Gasteiger partial charge is 0.350 e. The van der Waals surface area contributed by atoms with E-state index in [-0.39, 0.29) is 30.2 Å². The molecule has 8 heteroatoms. The second-order valence-electron chi connectivity index (χ2n) is 5.80. The van der Waals surface area contributed by atoms with Gasteiger partial charge < -0.3 is 5.32 Å². The molecule has 0 spiro atoms. The van der Waals surface area contributed by atoms with E-state index < -0.39 is 0 Å². The first kappa shape index (κ1) is 17.8. The molecular weight excluding hydrogens is 350 g/mol. The van der Waals surface area contributed by atoms with Crippen LogP contribution in [-0.2, 0) is 22.7 Å². The minimum absolute atomic E-state index is 0.0375. The standard InChI is InChI=1S/C18H19N5O2S/c1-13(15-7-8-26-11-15)17(25)21-18-20-12-23(22-18)10-16(24)19-9-14-5-3-2-4-6-14/h2-8,11-13H,9-10H2,1H3,(H,19,24)(H,21,22,25)/t13-/m1/s1. The maximum Gasteiger partial charge on any atom is 0.248 e. The zero-order valence-corrected chi connectivity index (χ0v) is 15.1. The Kier molecular flexibility index (Phi) is 5.75. The van der Waals surface area contributed by atoms with Gasteiger partial charge in [0.05, 0.1) is 5.92 Å². The van der Waals surface area contributed by atoms with E-state index in [1.807, 2.05) is 54.1 Å². The van der Waals surface area contributed by atoms with Crippen LogP contribution >= 0.6 is 11.3 Å². The molecular formula is C18H19N5O2S. The summed E-state index contributed by atoms with van der Waals surface area (Å²) in [5, 5.41) is 13.5. The van der Waals surface area contributed by atoms with Gasteiger partial charge in [-0.15, -0.1) is 5.10 Å². The Morgan fingerprint density at radius 2 is 2.04 bits per heavy atom. The molecule has 0 unspecified atom stereocenters. The van der Waals surface area contributed by atoms with Crippen LogP contribution < -0.4 is 10.6 Å². The van der Waals surface area contributed by atoms with Crippen molar-refractivity contribution in [3.05, 3.63) is 64.6 Å². The summed E-state index contributed by atoms with van der Waals surface area (Å²) in [6.45, 7) is 2.32. The van der Waals surface area contributed by atoms with Gasteiger partial charge >= 0.3 is 0 Å². The van der Waals surface area contributed by atoms with E-state index in [1.165, 1.54) is 11.0 Å². The van der Waals surface area contributed by atoms with Crippen LogP contribution in [0.2, 0.25) is 0 Å². The topological polar surface area (TPSA) is 88.9 Å². The molecule has 26 heavy (non-hydrogen) atoms. The Bertz CT molecular complexity index is 861. The fraction of sp³-hybridized carbons (Fsp3) is 0.222. The summed E-state index contributed by atoms with van der Waals surface area (Å²) < 4.78 is 1.39. The molecule has 2 N–H and O–H groups in total. The summed E-state index contributed by atoms with van der Waals surface area (Å²) >= 11 is 1.55. The number of carbonyl (C=O) groups excluding carboxylic acids is 2. The number of hydrogen-bond donors (Lipinski definition) is 2. The first-order chi connectivity index (χ1) is 12.6. The number of thiophene rings is 1. The molecule has 0 saturated heterocycles. The number of hydrogen-bond acceptors (Lipinski definition) is 5. The predicted molar refractivity (Wildman–Crippen MR) is 99.7 cm³/mol. The number of carbonyl (C=O) groups is 2. The maximum atomic E-state index is 12.2. The molecule has 2 heterocycles. The molecule has 0 fully saturated rings. The lowest BCUT2D eigenvalue weighted by Gasteiger charge is -2.08. The predicted octanol–water partition coefficient (Wildman–Crippen LogP) is 2.40. The van der Waals surface area contributed by atoms with Gasteiger partial charge in [-0.25, -0.2) is 9.67 Å². The molecule has 0 aliphatic rings. The number of benzene rings is 1. The van der Waals surface area contributed by atoms with Crippen LogP contribution in [0.25, 0.3) is 0 Å². The van der Waals surface area contributed by atoms with E-state index in [9.17, 15) is 9.59 Å². The Balaban J connectivity index is 1.49. The number of nitrogens with one attached hydrogen (secondary N) is 2. The van der Waals surface area contributed by atoms with Crippen molar-refractivity contribution in [2.45, 2.75) is 25.9 Å². The smallest absolute Gasteiger partial charge is 0.248 e. The van der Waals surface area contributed by atoms with Crippen molar-refractivity contribution in [3.8, 4) is 0 Å². The molecule has 3 aromatic rings. The van der Waals surface area contributed by atoms with Crippen LogP contribution in [0.15, 0.2) is 53.5 Å². The molecule has 134 valence electrons. The highest BCUT2D eigenvalue weighted by atomic mass is 32.1. The van der Waals surface area contributed by atoms with Crippen molar-refractivity contribution in [2.24, 2.45) is 0 Å². The Hall–Kier alpha value is -3.00. The third-order valence-corrected chi connectivity index (χ3v) is 4.55. The van der Waals surface area contributed by atoms with Gasteiger partial charge in [0.25, 0.3) is 0 Å². The molecule has 3 rings (SSSR count). The van der Waals surface area contributed by atoms with E-state index in [0.717, 1.165) is 11.1 Å². The van der Waals surface area contributed by atoms with E-state index in [4.69, 9.17) is 0 Å². The van der Waals surface area contributed by atoms with Gasteiger partial charge in [-0.3, -0.25) is 14.9 Å². The van der Waals surface area contributed by atoms with Crippen LogP contribution in [-0.4, -0.2) is 26.6 Å². The molecule has 0 saturated carbocycles. The minimum atomic E-state index is -0.289. The van der Waals surface area contributed by atoms with Crippen LogP contribution in [0, 0.1) is 0 Å². The summed E-state index contributed by atoms with van der Waals surface area (Å²) in [6, 6.07) is 11.6. The number of rotatable bonds is 7. The van der Waals surface area contributed by atoms with Crippen molar-refractivity contribution in [2.75, 3.05) is 5.32 Å². The average Bonchev–Trinajstić information content (AvgIpc) is 3.32. The van der Waals surface area contributed by atoms with E-state index in [1.54, 1.807) is 11.3 Å². The highest BCUT2D eigenvalue weighted by Gasteiger charge is 2.17. The quantitative estimate of drug-likeness (QED) is 0.669. The lowest BCUT2D eigenvalue weighted by Crippen LogP contribution is -2.27. The Morgan fingerprint density at radius 1 is 1.23 bits per heavy atom. The zero-order valence-electron chi connectivity index (χ0n) is 14.3. The first-order valence-corrected chi connectivity index (χ1v) is 9.09. The second-order valence-corrected chi connectivity index (χ2v) is 6.58. The molecule has 7 nitrogen and oxygen atoms in total. The van der Waals surface area contributed by atoms with Gasteiger partial charge in [-0.05, 0) is 34.9 Å². The van der Waals surface area contributed by atoms with Crippen molar-refractivity contribution in [1.29, 1.82) is 0 Å². The maximum absolute atomic E-state index is 12.2. The number of nitrogens with zero attached hydrogens (tertiary/aromatic N) is 3. The van der Waals surface area contributed by atoms with E-state index in [0.29, 0.717) is 6.54 Å². The fourth-order valence-electron chi connectivity index (χ4n) is 2.32. The molecule has 1 atom stereocenters. The molecule has 0 aliphatic carbocycles. The lowest BCUT2D eigenvalue weighted by atomic mass is 10.0. The highest BCUT2D eigenvalue weighted by Crippen LogP contribution is 2.19. The summed E-state index contributed by atoms with van der Waals surface area (Å²) in [6.07, 6.45) is 1.42. The molecule has 0 bridgehead atoms. The number of amides is 2. The van der Waals surface area contributed by atoms with Gasteiger partial charge in [-0.2, -0.15) is 11.3 Å². The van der Waals surface area contributed by atoms with Gasteiger partial charge in [0.2, 0.25) is 17.8 Å². The zero-order chi connectivity index (χ0) is 18.4. The molecule has 0 radical (unpaired) electrons. The third-order valence-electron chi connectivity index (χ3n) is 3.85. The van der Waals surface area contributed by atoms with E-state index in [2.05, 4.69) is 20.7 Å². The minimum Gasteiger partial charge on any atom is -0.350 e. The summed E-state index contributed by atoms with van der Waals surface area (Å²) in [4.78, 5) is 28.3. The number of aromatic nitrogens is 3. The highest BCUT2D eigenvalue weighted by molar-refractivity contribution is 7.08. The van der Waals surface area contributed by atoms with Crippen molar-refractivity contribution in [1.82, 2.24) is 20.1 Å². The van der Waals surface area contributed by atoms with Crippen molar-refractivity contribution in [3.63, 3.8) is 0 Å². The van der Waals surface area contributed by atoms with Gasteiger partial charge in [0.15, 0.2) is 0 Å². The summed E-state index contributed by atoms with van der Waals surface area (Å²) in [5.41, 5.74) is 1.97. The van der Waals surface area contributed by atoms with Gasteiger partial charge in [-0.1, -0.05) is 30.3 Å². The summed E-state index contributed by atoms with van der Waals surface area (Å²) in [5.74, 6) is -0.465.